The van der Waals surface area contributed by atoms with Gasteiger partial charge in [0, 0.05) is 33.2 Å². The van der Waals surface area contributed by atoms with Crippen molar-refractivity contribution in [1.82, 2.24) is 4.90 Å². The van der Waals surface area contributed by atoms with Crippen LogP contribution in [0.3, 0.4) is 0 Å². The largest absolute Gasteiger partial charge is 0.383 e. The minimum absolute atomic E-state index is 0.443. The van der Waals surface area contributed by atoms with Gasteiger partial charge in [-0.05, 0) is 0 Å². The Morgan fingerprint density at radius 2 is 2.14 bits per heavy atom. The van der Waals surface area contributed by atoms with Gasteiger partial charge in [-0.2, -0.15) is 10.5 Å². The van der Waals surface area contributed by atoms with Gasteiger partial charge < -0.3 is 4.74 Å². The first kappa shape index (κ1) is 13.2. The van der Waals surface area contributed by atoms with E-state index in [-0.39, 0.29) is 0 Å². The number of nitrogens with zero attached hydrogens (tertiary/aromatic N) is 3. The maximum Gasteiger partial charge on any atom is 0.133 e. The molecule has 4 nitrogen and oxygen atoms in total. The Bertz CT molecular complexity index is 221. The highest BCUT2D eigenvalue weighted by Crippen LogP contribution is 2.00. The van der Waals surface area contributed by atoms with Crippen LogP contribution < -0.4 is 0 Å². The highest BCUT2D eigenvalue weighted by molar-refractivity contribution is 6.22. The van der Waals surface area contributed by atoms with E-state index >= 15 is 0 Å². The van der Waals surface area contributed by atoms with Gasteiger partial charge in [0.1, 0.15) is 5.38 Å². The Balaban J connectivity index is 3.85. The molecular formula is C9H14ClN3O. The number of nitriles is 2. The first-order valence-electron chi connectivity index (χ1n) is 4.36. The molecule has 0 rings (SSSR count). The van der Waals surface area contributed by atoms with E-state index < -0.39 is 5.38 Å². The second-order valence-electron chi connectivity index (χ2n) is 2.80. The van der Waals surface area contributed by atoms with Crippen LogP contribution in [-0.2, 0) is 4.74 Å². The molecule has 5 heteroatoms. The Morgan fingerprint density at radius 1 is 1.43 bits per heavy atom. The third-order valence-corrected chi connectivity index (χ3v) is 1.95. The smallest absolute Gasteiger partial charge is 0.133 e. The van der Waals surface area contributed by atoms with Crippen LogP contribution in [0.4, 0.5) is 0 Å². The second-order valence-corrected chi connectivity index (χ2v) is 3.32. The SMILES string of the molecule is COCCN(CCC#N)CC(Cl)C#N. The molecule has 0 heterocycles. The lowest BCUT2D eigenvalue weighted by Gasteiger charge is -2.20. The molecule has 0 aromatic carbocycles. The minimum atomic E-state index is -0.523. The van der Waals surface area contributed by atoms with Gasteiger partial charge in [-0.1, -0.05) is 0 Å². The summed E-state index contributed by atoms with van der Waals surface area (Å²) < 4.78 is 4.92. The lowest BCUT2D eigenvalue weighted by atomic mass is 10.3. The second kappa shape index (κ2) is 8.77. The number of hydrogen-bond acceptors (Lipinski definition) is 4. The molecule has 0 aromatic rings. The lowest BCUT2D eigenvalue weighted by molar-refractivity contribution is 0.150. The average molecular weight is 216 g/mol. The summed E-state index contributed by atoms with van der Waals surface area (Å²) in [6.07, 6.45) is 0.443. The molecule has 14 heavy (non-hydrogen) atoms. The summed E-state index contributed by atoms with van der Waals surface area (Å²) in [7, 11) is 1.62. The van der Waals surface area contributed by atoms with Gasteiger partial charge in [0.05, 0.1) is 18.7 Å². The van der Waals surface area contributed by atoms with Crippen LogP contribution >= 0.6 is 11.6 Å². The van der Waals surface area contributed by atoms with E-state index in [1.165, 1.54) is 0 Å². The fourth-order valence-electron chi connectivity index (χ4n) is 0.990. The van der Waals surface area contributed by atoms with Crippen molar-refractivity contribution in [3.63, 3.8) is 0 Å². The summed E-state index contributed by atoms with van der Waals surface area (Å²) in [5, 5.41) is 16.4. The van der Waals surface area contributed by atoms with Crippen LogP contribution in [0, 0.1) is 22.7 Å². The lowest BCUT2D eigenvalue weighted by Crippen LogP contribution is -2.33. The van der Waals surface area contributed by atoms with Crippen molar-refractivity contribution in [3.8, 4) is 12.1 Å². The minimum Gasteiger partial charge on any atom is -0.383 e. The summed E-state index contributed by atoms with van der Waals surface area (Å²) in [5.74, 6) is 0. The normalized spacial score (nSPS) is 12.1. The summed E-state index contributed by atoms with van der Waals surface area (Å²) in [5.41, 5.74) is 0. The van der Waals surface area contributed by atoms with E-state index in [1.807, 2.05) is 11.0 Å². The van der Waals surface area contributed by atoms with Crippen LogP contribution in [0.2, 0.25) is 0 Å². The van der Waals surface area contributed by atoms with E-state index in [9.17, 15) is 0 Å². The van der Waals surface area contributed by atoms with Gasteiger partial charge in [0.25, 0.3) is 0 Å². The molecule has 1 atom stereocenters. The van der Waals surface area contributed by atoms with E-state index in [0.717, 1.165) is 0 Å². The number of alkyl halides is 1. The average Bonchev–Trinajstić information content (AvgIpc) is 2.21. The number of hydrogen-bond donors (Lipinski definition) is 0. The zero-order valence-corrected chi connectivity index (χ0v) is 9.00. The standard InChI is InChI=1S/C9H14ClN3O/c1-14-6-5-13(4-2-3-11)8-9(10)7-12/h9H,2,4-6,8H2,1H3. The van der Waals surface area contributed by atoms with E-state index in [4.69, 9.17) is 26.9 Å². The van der Waals surface area contributed by atoms with Crippen molar-refractivity contribution in [3.05, 3.63) is 0 Å². The van der Waals surface area contributed by atoms with Crippen molar-refractivity contribution in [2.75, 3.05) is 33.4 Å². The number of ether oxygens (including phenoxy) is 1. The van der Waals surface area contributed by atoms with Crippen molar-refractivity contribution >= 4 is 11.6 Å². The third-order valence-electron chi connectivity index (χ3n) is 1.71. The number of halogens is 1. The molecule has 0 N–H and O–H groups in total. The summed E-state index contributed by atoms with van der Waals surface area (Å²) in [6, 6.07) is 4.01. The zero-order valence-electron chi connectivity index (χ0n) is 8.24. The van der Waals surface area contributed by atoms with Crippen LogP contribution in [-0.4, -0.2) is 43.6 Å². The summed E-state index contributed by atoms with van der Waals surface area (Å²) in [6.45, 7) is 2.39. The first-order valence-corrected chi connectivity index (χ1v) is 4.80. The molecule has 0 saturated carbocycles. The van der Waals surface area contributed by atoms with E-state index in [0.29, 0.717) is 32.7 Å². The topological polar surface area (TPSA) is 60.0 Å². The molecule has 0 saturated heterocycles. The molecule has 0 aliphatic carbocycles. The van der Waals surface area contributed by atoms with Crippen molar-refractivity contribution in [2.45, 2.75) is 11.8 Å². The molecule has 0 aliphatic rings. The molecular weight excluding hydrogens is 202 g/mol. The quantitative estimate of drug-likeness (QED) is 0.594. The van der Waals surface area contributed by atoms with Gasteiger partial charge in [0.15, 0.2) is 0 Å². The Morgan fingerprint density at radius 3 is 2.64 bits per heavy atom. The molecule has 0 bridgehead atoms. The monoisotopic (exact) mass is 215 g/mol. The highest BCUT2D eigenvalue weighted by atomic mass is 35.5. The van der Waals surface area contributed by atoms with Crippen LogP contribution in [0.25, 0.3) is 0 Å². The maximum absolute atomic E-state index is 8.53. The molecule has 0 radical (unpaired) electrons. The van der Waals surface area contributed by atoms with Crippen LogP contribution in [0.1, 0.15) is 6.42 Å². The third kappa shape index (κ3) is 6.68. The highest BCUT2D eigenvalue weighted by Gasteiger charge is 2.10. The van der Waals surface area contributed by atoms with E-state index in [2.05, 4.69) is 6.07 Å². The zero-order chi connectivity index (χ0) is 10.8. The Hall–Kier alpha value is -0.810. The fraction of sp³-hybridized carbons (Fsp3) is 0.778. The van der Waals surface area contributed by atoms with Crippen molar-refractivity contribution in [2.24, 2.45) is 0 Å². The summed E-state index contributed by atoms with van der Waals surface area (Å²) >= 11 is 5.69. The van der Waals surface area contributed by atoms with Gasteiger partial charge in [-0.25, -0.2) is 0 Å². The number of rotatable bonds is 7. The van der Waals surface area contributed by atoms with E-state index in [1.54, 1.807) is 7.11 Å². The molecule has 78 valence electrons. The van der Waals surface area contributed by atoms with Gasteiger partial charge >= 0.3 is 0 Å². The predicted molar refractivity (Wildman–Crippen MR) is 53.8 cm³/mol. The molecule has 0 aliphatic heterocycles. The van der Waals surface area contributed by atoms with Gasteiger partial charge in [0.2, 0.25) is 0 Å². The molecule has 0 amide bonds. The summed E-state index contributed by atoms with van der Waals surface area (Å²) in [4.78, 5) is 1.95. The van der Waals surface area contributed by atoms with Crippen LogP contribution in [0.15, 0.2) is 0 Å². The van der Waals surface area contributed by atoms with Gasteiger partial charge in [-0.15, -0.1) is 11.6 Å². The molecule has 1 unspecified atom stereocenters. The predicted octanol–water partition coefficient (Wildman–Crippen LogP) is 0.979. The Labute approximate surface area is 89.6 Å². The van der Waals surface area contributed by atoms with Crippen molar-refractivity contribution < 1.29 is 4.74 Å². The molecule has 0 aromatic heterocycles. The first-order chi connectivity index (χ1) is 6.74. The van der Waals surface area contributed by atoms with Gasteiger partial charge in [-0.3, -0.25) is 4.90 Å². The Kier molecular flexibility index (Phi) is 8.27. The van der Waals surface area contributed by atoms with Crippen molar-refractivity contribution in [1.29, 1.82) is 10.5 Å². The fourth-order valence-corrected chi connectivity index (χ4v) is 1.19. The van der Waals surface area contributed by atoms with Crippen LogP contribution in [0.5, 0.6) is 0 Å². The molecule has 0 fully saturated rings. The number of methoxy groups -OCH3 is 1. The maximum atomic E-state index is 8.53. The molecule has 0 spiro atoms.